The van der Waals surface area contributed by atoms with Crippen LogP contribution in [0.5, 0.6) is 0 Å². The van der Waals surface area contributed by atoms with Crippen LogP contribution >= 0.6 is 11.6 Å². The van der Waals surface area contributed by atoms with Gasteiger partial charge in [0.25, 0.3) is 5.56 Å². The number of amides is 2. The fraction of sp³-hybridized carbons (Fsp3) is 0.357. The number of nitrogens with one attached hydrogen (secondary N) is 3. The number of ether oxygens (including phenoxy) is 1. The maximum Gasteiger partial charge on any atom is 0.407 e. The van der Waals surface area contributed by atoms with Crippen LogP contribution in [0.3, 0.4) is 0 Å². The second-order valence-electron chi connectivity index (χ2n) is 10.2. The van der Waals surface area contributed by atoms with Crippen molar-refractivity contribution in [3.05, 3.63) is 75.2 Å². The summed E-state index contributed by atoms with van der Waals surface area (Å²) < 4.78 is 7.04. The van der Waals surface area contributed by atoms with Crippen molar-refractivity contribution in [1.29, 1.82) is 0 Å². The average Bonchev–Trinajstić information content (AvgIpc) is 3.25. The number of H-pyrrole nitrogens is 1. The molecule has 0 spiro atoms. The third-order valence-corrected chi connectivity index (χ3v) is 6.40. The number of nitrogens with zero attached hydrogens (tertiary/aromatic N) is 2. The largest absolute Gasteiger partial charge is 0.444 e. The number of halogens is 1. The zero-order chi connectivity index (χ0) is 27.4. The Kier molecular flexibility index (Phi) is 8.06. The standard InChI is InChI=1S/C28H32ClN5O4/c1-17-23-24(33-32-17)20-8-5-6-9-22(20)34(26(23)36)15-7-14-30-25(35)21(18-10-12-19(29)13-11-18)16-31-27(37)38-28(2,3)4/h5-6,8-13,21H,7,14-16H2,1-4H3,(H,30,35)(H,31,37)(H,32,33). The van der Waals surface area contributed by atoms with Crippen molar-refractivity contribution in [3.8, 4) is 0 Å². The van der Waals surface area contributed by atoms with E-state index in [0.29, 0.717) is 41.0 Å². The summed E-state index contributed by atoms with van der Waals surface area (Å²) in [6, 6.07) is 14.6. The first-order valence-corrected chi connectivity index (χ1v) is 12.9. The number of aromatic amines is 1. The molecule has 1 atom stereocenters. The normalized spacial score (nSPS) is 12.4. The molecule has 9 nitrogen and oxygen atoms in total. The molecule has 0 saturated heterocycles. The van der Waals surface area contributed by atoms with Gasteiger partial charge >= 0.3 is 6.09 Å². The van der Waals surface area contributed by atoms with Crippen LogP contribution in [-0.2, 0) is 16.1 Å². The maximum atomic E-state index is 13.3. The van der Waals surface area contributed by atoms with Crippen molar-refractivity contribution in [1.82, 2.24) is 25.4 Å². The molecular formula is C28H32ClN5O4. The van der Waals surface area contributed by atoms with Gasteiger partial charge in [0.05, 0.1) is 16.8 Å². The monoisotopic (exact) mass is 537 g/mol. The van der Waals surface area contributed by atoms with E-state index in [9.17, 15) is 14.4 Å². The molecule has 2 aromatic carbocycles. The van der Waals surface area contributed by atoms with Crippen molar-refractivity contribution in [2.24, 2.45) is 0 Å². The van der Waals surface area contributed by atoms with E-state index in [1.807, 2.05) is 31.2 Å². The number of benzene rings is 2. The lowest BCUT2D eigenvalue weighted by Gasteiger charge is -2.22. The Labute approximate surface area is 225 Å². The van der Waals surface area contributed by atoms with Crippen molar-refractivity contribution in [2.75, 3.05) is 13.1 Å². The van der Waals surface area contributed by atoms with Gasteiger partial charge in [-0.05, 0) is 57.9 Å². The second kappa shape index (κ2) is 11.3. The maximum absolute atomic E-state index is 13.3. The summed E-state index contributed by atoms with van der Waals surface area (Å²) >= 11 is 6.03. The predicted molar refractivity (Wildman–Crippen MR) is 149 cm³/mol. The zero-order valence-corrected chi connectivity index (χ0v) is 22.7. The summed E-state index contributed by atoms with van der Waals surface area (Å²) in [5.74, 6) is -0.894. The molecule has 4 aromatic rings. The second-order valence-corrected chi connectivity index (χ2v) is 10.6. The van der Waals surface area contributed by atoms with Gasteiger partial charge in [0, 0.05) is 35.7 Å². The topological polar surface area (TPSA) is 118 Å². The average molecular weight is 538 g/mol. The van der Waals surface area contributed by atoms with Crippen molar-refractivity contribution < 1.29 is 14.3 Å². The number of alkyl carbamates (subject to hydrolysis) is 1. The van der Waals surface area contributed by atoms with E-state index < -0.39 is 17.6 Å². The van der Waals surface area contributed by atoms with Crippen LogP contribution in [0.25, 0.3) is 21.8 Å². The van der Waals surface area contributed by atoms with E-state index in [1.165, 1.54) is 0 Å². The lowest BCUT2D eigenvalue weighted by Crippen LogP contribution is -2.40. The van der Waals surface area contributed by atoms with Gasteiger partial charge < -0.3 is 19.9 Å². The van der Waals surface area contributed by atoms with Crippen molar-refractivity contribution in [3.63, 3.8) is 0 Å². The first kappa shape index (κ1) is 27.2. The Balaban J connectivity index is 1.45. The Morgan fingerprint density at radius 1 is 1.11 bits per heavy atom. The molecule has 0 aliphatic carbocycles. The van der Waals surface area contributed by atoms with Gasteiger partial charge in [-0.3, -0.25) is 14.7 Å². The molecule has 200 valence electrons. The summed E-state index contributed by atoms with van der Waals surface area (Å²) in [5.41, 5.74) is 2.13. The Morgan fingerprint density at radius 2 is 1.82 bits per heavy atom. The number of carbonyl (C=O) groups is 2. The molecule has 1 unspecified atom stereocenters. The summed E-state index contributed by atoms with van der Waals surface area (Å²) in [4.78, 5) is 38.7. The number of rotatable bonds is 8. The Hall–Kier alpha value is -3.85. The van der Waals surface area contributed by atoms with Crippen LogP contribution in [0, 0.1) is 6.92 Å². The lowest BCUT2D eigenvalue weighted by molar-refractivity contribution is -0.122. The van der Waals surface area contributed by atoms with E-state index in [4.69, 9.17) is 16.3 Å². The first-order chi connectivity index (χ1) is 18.0. The fourth-order valence-electron chi connectivity index (χ4n) is 4.39. The van der Waals surface area contributed by atoms with Gasteiger partial charge in [0.15, 0.2) is 0 Å². The molecule has 0 aliphatic rings. The van der Waals surface area contributed by atoms with Gasteiger partial charge in [-0.25, -0.2) is 4.79 Å². The van der Waals surface area contributed by atoms with Crippen LogP contribution < -0.4 is 16.2 Å². The molecule has 2 amide bonds. The summed E-state index contributed by atoms with van der Waals surface area (Å²) in [5, 5.41) is 14.9. The van der Waals surface area contributed by atoms with Gasteiger partial charge in [0.1, 0.15) is 11.1 Å². The highest BCUT2D eigenvalue weighted by molar-refractivity contribution is 6.30. The molecule has 0 fully saturated rings. The Morgan fingerprint density at radius 3 is 2.53 bits per heavy atom. The van der Waals surface area contributed by atoms with Crippen LogP contribution in [-0.4, -0.2) is 45.5 Å². The molecule has 10 heteroatoms. The van der Waals surface area contributed by atoms with Crippen LogP contribution in [0.4, 0.5) is 4.79 Å². The van der Waals surface area contributed by atoms with Gasteiger partial charge in [-0.15, -0.1) is 0 Å². The number of aryl methyl sites for hydroxylation is 2. The number of aromatic nitrogens is 3. The molecule has 0 aliphatic heterocycles. The number of hydrogen-bond donors (Lipinski definition) is 3. The third kappa shape index (κ3) is 6.16. The van der Waals surface area contributed by atoms with Gasteiger partial charge in [-0.2, -0.15) is 5.10 Å². The molecule has 0 radical (unpaired) electrons. The number of fused-ring (bicyclic) bond motifs is 3. The molecule has 38 heavy (non-hydrogen) atoms. The number of carbonyl (C=O) groups excluding carboxylic acids is 2. The molecule has 2 aromatic heterocycles. The number of pyridine rings is 1. The SMILES string of the molecule is Cc1[nH]nc2c1c(=O)n(CCCNC(=O)C(CNC(=O)OC(C)(C)C)c1ccc(Cl)cc1)c1ccccc21. The van der Waals surface area contributed by atoms with Crippen molar-refractivity contribution >= 4 is 45.4 Å². The van der Waals surface area contributed by atoms with E-state index in [-0.39, 0.29) is 18.0 Å². The highest BCUT2D eigenvalue weighted by atomic mass is 35.5. The van der Waals surface area contributed by atoms with Crippen molar-refractivity contribution in [2.45, 2.75) is 52.2 Å². The van der Waals surface area contributed by atoms with E-state index >= 15 is 0 Å². The summed E-state index contributed by atoms with van der Waals surface area (Å²) in [6.45, 7) is 7.98. The minimum atomic E-state index is -0.650. The van der Waals surface area contributed by atoms with Crippen LogP contribution in [0.2, 0.25) is 5.02 Å². The zero-order valence-electron chi connectivity index (χ0n) is 21.9. The van der Waals surface area contributed by atoms with Crippen LogP contribution in [0.15, 0.2) is 53.3 Å². The Bertz CT molecular complexity index is 1520. The van der Waals surface area contributed by atoms with Gasteiger partial charge in [0.2, 0.25) is 5.91 Å². The van der Waals surface area contributed by atoms with E-state index in [0.717, 1.165) is 16.6 Å². The number of para-hydroxylation sites is 1. The van der Waals surface area contributed by atoms with Gasteiger partial charge in [-0.1, -0.05) is 41.9 Å². The number of hydrogen-bond acceptors (Lipinski definition) is 5. The molecular weight excluding hydrogens is 506 g/mol. The molecule has 0 bridgehead atoms. The van der Waals surface area contributed by atoms with E-state index in [2.05, 4.69) is 20.8 Å². The quantitative estimate of drug-likeness (QED) is 0.283. The minimum absolute atomic E-state index is 0.0584. The smallest absolute Gasteiger partial charge is 0.407 e. The summed E-state index contributed by atoms with van der Waals surface area (Å²) in [7, 11) is 0. The lowest BCUT2D eigenvalue weighted by atomic mass is 9.98. The first-order valence-electron chi connectivity index (χ1n) is 12.5. The van der Waals surface area contributed by atoms with E-state index in [1.54, 1.807) is 49.6 Å². The molecule has 2 heterocycles. The molecule has 4 rings (SSSR count). The third-order valence-electron chi connectivity index (χ3n) is 6.15. The molecule has 0 saturated carbocycles. The highest BCUT2D eigenvalue weighted by Gasteiger charge is 2.23. The predicted octanol–water partition coefficient (Wildman–Crippen LogP) is 4.65. The fourth-order valence-corrected chi connectivity index (χ4v) is 4.52. The summed E-state index contributed by atoms with van der Waals surface area (Å²) in [6.07, 6.45) is -0.0642. The highest BCUT2D eigenvalue weighted by Crippen LogP contribution is 2.23. The molecule has 3 N–H and O–H groups in total. The minimum Gasteiger partial charge on any atom is -0.444 e. The van der Waals surface area contributed by atoms with Crippen LogP contribution in [0.1, 0.15) is 44.4 Å².